The molecule has 2 aromatic heterocycles. The second kappa shape index (κ2) is 11.3. The van der Waals surface area contributed by atoms with Gasteiger partial charge in [0, 0.05) is 24.8 Å². The summed E-state index contributed by atoms with van der Waals surface area (Å²) in [6, 6.07) is 12.7. The third kappa shape index (κ3) is 5.97. The zero-order valence-corrected chi connectivity index (χ0v) is 19.4. The summed E-state index contributed by atoms with van der Waals surface area (Å²) < 4.78 is 1.91. The lowest BCUT2D eigenvalue weighted by Gasteiger charge is -2.17. The Morgan fingerprint density at radius 1 is 1.19 bits per heavy atom. The number of aryl methyl sites for hydroxylation is 1. The molecule has 1 saturated carbocycles. The fraction of sp³-hybridized carbons (Fsp3) is 0.522. The third-order valence-corrected chi connectivity index (χ3v) is 6.94. The highest BCUT2D eigenvalue weighted by atomic mass is 32.2. The fourth-order valence-corrected chi connectivity index (χ4v) is 4.99. The largest absolute Gasteiger partial charge is 0.345 e. The van der Waals surface area contributed by atoms with E-state index in [0.29, 0.717) is 11.8 Å². The zero-order chi connectivity index (χ0) is 22.2. The maximum absolute atomic E-state index is 12.5. The predicted octanol–water partition coefficient (Wildman–Crippen LogP) is 4.14. The van der Waals surface area contributed by atoms with Crippen LogP contribution in [-0.2, 0) is 11.2 Å². The van der Waals surface area contributed by atoms with Gasteiger partial charge in [-0.1, -0.05) is 61.4 Å². The quantitative estimate of drug-likeness (QED) is 0.346. The summed E-state index contributed by atoms with van der Waals surface area (Å²) in [5.74, 6) is 0.497. The van der Waals surface area contributed by atoms with E-state index in [9.17, 15) is 4.79 Å². The molecule has 0 atom stereocenters. The lowest BCUT2D eigenvalue weighted by Crippen LogP contribution is -2.29. The molecule has 1 amide bonds. The first kappa shape index (κ1) is 22.5. The third-order valence-electron chi connectivity index (χ3n) is 6.02. The van der Waals surface area contributed by atoms with E-state index in [1.807, 2.05) is 34.8 Å². The number of carbonyl (C=O) groups excluding carboxylic acids is 1. The van der Waals surface area contributed by atoms with Gasteiger partial charge in [0.15, 0.2) is 0 Å². The van der Waals surface area contributed by atoms with Crippen LogP contribution < -0.4 is 0 Å². The van der Waals surface area contributed by atoms with Crippen molar-refractivity contribution < 1.29 is 4.79 Å². The molecule has 32 heavy (non-hydrogen) atoms. The van der Waals surface area contributed by atoms with Crippen LogP contribution in [0, 0.1) is 0 Å². The molecule has 170 valence electrons. The molecular weight excluding hydrogens is 422 g/mol. The number of amides is 1. The second-order valence-corrected chi connectivity index (χ2v) is 9.35. The summed E-state index contributed by atoms with van der Waals surface area (Å²) in [6.07, 6.45) is 8.81. The fourth-order valence-electron chi connectivity index (χ4n) is 4.11. The predicted molar refractivity (Wildman–Crippen MR) is 125 cm³/mol. The number of nitrogens with zero attached hydrogens (tertiary/aromatic N) is 6. The SMILES string of the molecule is CN(CCCCCc1cc(-c2ccccc2)n[nH]1)C(=O)CSc1nnnn1C1CCCC1. The topological polar surface area (TPSA) is 92.6 Å². The standard InChI is InChI=1S/C23H31N7OS/c1-29(22(31)17-32-23-26-27-28-30(23)20-13-7-8-14-20)15-9-3-6-12-19-16-21(25-24-19)18-10-4-2-5-11-18/h2,4-5,10-11,16,20H,3,6-9,12-15,17H2,1H3,(H,24,25). The molecule has 1 aromatic carbocycles. The highest BCUT2D eigenvalue weighted by molar-refractivity contribution is 7.99. The Hall–Kier alpha value is -2.68. The number of unbranched alkanes of at least 4 members (excludes halogenated alkanes) is 2. The number of benzene rings is 1. The normalized spacial score (nSPS) is 14.2. The molecule has 1 N–H and O–H groups in total. The van der Waals surface area contributed by atoms with Gasteiger partial charge in [-0.3, -0.25) is 9.89 Å². The number of rotatable bonds is 11. The monoisotopic (exact) mass is 453 g/mol. The highest BCUT2D eigenvalue weighted by Crippen LogP contribution is 2.31. The number of aromatic nitrogens is 6. The lowest BCUT2D eigenvalue weighted by atomic mass is 10.1. The van der Waals surface area contributed by atoms with Gasteiger partial charge >= 0.3 is 0 Å². The van der Waals surface area contributed by atoms with Gasteiger partial charge < -0.3 is 4.90 Å². The Morgan fingerprint density at radius 3 is 2.81 bits per heavy atom. The van der Waals surface area contributed by atoms with Crippen molar-refractivity contribution in [3.05, 3.63) is 42.1 Å². The van der Waals surface area contributed by atoms with Crippen LogP contribution in [0.15, 0.2) is 41.6 Å². The molecule has 8 nitrogen and oxygen atoms in total. The average Bonchev–Trinajstić information content (AvgIpc) is 3.59. The molecule has 0 saturated heterocycles. The van der Waals surface area contributed by atoms with E-state index in [0.717, 1.165) is 67.2 Å². The van der Waals surface area contributed by atoms with Gasteiger partial charge in [0.1, 0.15) is 0 Å². The average molecular weight is 454 g/mol. The smallest absolute Gasteiger partial charge is 0.232 e. The Balaban J connectivity index is 1.13. The molecule has 4 rings (SSSR count). The minimum atomic E-state index is 0.122. The van der Waals surface area contributed by atoms with E-state index in [1.165, 1.54) is 24.6 Å². The Kier molecular flexibility index (Phi) is 7.92. The molecule has 0 spiro atoms. The first-order valence-corrected chi connectivity index (χ1v) is 12.4. The summed E-state index contributed by atoms with van der Waals surface area (Å²) in [7, 11) is 1.88. The maximum Gasteiger partial charge on any atom is 0.232 e. The van der Waals surface area contributed by atoms with Gasteiger partial charge in [-0.2, -0.15) is 5.10 Å². The minimum absolute atomic E-state index is 0.122. The number of aromatic amines is 1. The number of H-pyrrole nitrogens is 1. The second-order valence-electron chi connectivity index (χ2n) is 8.40. The van der Waals surface area contributed by atoms with Crippen LogP contribution in [0.25, 0.3) is 11.3 Å². The summed E-state index contributed by atoms with van der Waals surface area (Å²) in [6.45, 7) is 0.769. The van der Waals surface area contributed by atoms with Crippen LogP contribution in [0.5, 0.6) is 0 Å². The van der Waals surface area contributed by atoms with Crippen molar-refractivity contribution in [2.45, 2.75) is 62.6 Å². The van der Waals surface area contributed by atoms with Gasteiger partial charge in [0.2, 0.25) is 11.1 Å². The van der Waals surface area contributed by atoms with Crippen molar-refractivity contribution in [2.24, 2.45) is 0 Å². The molecule has 0 radical (unpaired) electrons. The zero-order valence-electron chi connectivity index (χ0n) is 18.6. The van der Waals surface area contributed by atoms with Crippen LogP contribution in [0.4, 0.5) is 0 Å². The number of hydrogen-bond donors (Lipinski definition) is 1. The molecule has 2 heterocycles. The van der Waals surface area contributed by atoms with Crippen molar-refractivity contribution >= 4 is 17.7 Å². The first-order valence-electron chi connectivity index (χ1n) is 11.4. The summed E-state index contributed by atoms with van der Waals surface area (Å²) >= 11 is 1.44. The number of hydrogen-bond acceptors (Lipinski definition) is 6. The van der Waals surface area contributed by atoms with Gasteiger partial charge in [0.25, 0.3) is 0 Å². The lowest BCUT2D eigenvalue weighted by molar-refractivity contribution is -0.127. The van der Waals surface area contributed by atoms with E-state index >= 15 is 0 Å². The maximum atomic E-state index is 12.5. The molecule has 1 aliphatic carbocycles. The van der Waals surface area contributed by atoms with Gasteiger partial charge in [-0.05, 0) is 48.6 Å². The number of nitrogens with one attached hydrogen (secondary N) is 1. The van der Waals surface area contributed by atoms with Crippen molar-refractivity contribution in [1.29, 1.82) is 0 Å². The van der Waals surface area contributed by atoms with Crippen molar-refractivity contribution in [1.82, 2.24) is 35.3 Å². The molecule has 1 fully saturated rings. The molecular formula is C23H31N7OS. The first-order chi connectivity index (χ1) is 15.7. The molecule has 1 aliphatic rings. The molecule has 9 heteroatoms. The van der Waals surface area contributed by atoms with Gasteiger partial charge in [-0.15, -0.1) is 5.10 Å². The summed E-state index contributed by atoms with van der Waals surface area (Å²) in [5.41, 5.74) is 3.28. The van der Waals surface area contributed by atoms with Crippen molar-refractivity contribution in [2.75, 3.05) is 19.3 Å². The van der Waals surface area contributed by atoms with Gasteiger partial charge in [0.05, 0.1) is 17.5 Å². The van der Waals surface area contributed by atoms with Crippen molar-refractivity contribution in [3.8, 4) is 11.3 Å². The van der Waals surface area contributed by atoms with E-state index in [2.05, 4.69) is 43.9 Å². The Bertz CT molecular complexity index is 981. The van der Waals surface area contributed by atoms with Crippen LogP contribution in [0.2, 0.25) is 0 Å². The summed E-state index contributed by atoms with van der Waals surface area (Å²) in [5, 5.41) is 20.4. The van der Waals surface area contributed by atoms with Crippen LogP contribution in [0.1, 0.15) is 56.7 Å². The van der Waals surface area contributed by atoms with Crippen LogP contribution in [-0.4, -0.2) is 60.6 Å². The highest BCUT2D eigenvalue weighted by Gasteiger charge is 2.22. The summed E-state index contributed by atoms with van der Waals surface area (Å²) in [4.78, 5) is 14.3. The van der Waals surface area contributed by atoms with E-state index < -0.39 is 0 Å². The molecule has 3 aromatic rings. The van der Waals surface area contributed by atoms with E-state index in [1.54, 1.807) is 0 Å². The Labute approximate surface area is 193 Å². The van der Waals surface area contributed by atoms with Gasteiger partial charge in [-0.25, -0.2) is 4.68 Å². The van der Waals surface area contributed by atoms with Crippen molar-refractivity contribution in [3.63, 3.8) is 0 Å². The Morgan fingerprint density at radius 2 is 2.00 bits per heavy atom. The minimum Gasteiger partial charge on any atom is -0.345 e. The van der Waals surface area contributed by atoms with Crippen LogP contribution >= 0.6 is 11.8 Å². The molecule has 0 unspecified atom stereocenters. The van der Waals surface area contributed by atoms with E-state index in [4.69, 9.17) is 0 Å². The van der Waals surface area contributed by atoms with Crippen LogP contribution in [0.3, 0.4) is 0 Å². The number of thioether (sulfide) groups is 1. The number of tetrazole rings is 1. The molecule has 0 aliphatic heterocycles. The number of carbonyl (C=O) groups is 1. The molecule has 0 bridgehead atoms. The van der Waals surface area contributed by atoms with E-state index in [-0.39, 0.29) is 5.91 Å².